The number of nitrogens with one attached hydrogen (secondary N) is 2. The van der Waals surface area contributed by atoms with Crippen LogP contribution in [0.15, 0.2) is 35.4 Å². The Labute approximate surface area is 133 Å². The van der Waals surface area contributed by atoms with Gasteiger partial charge in [-0.1, -0.05) is 0 Å². The number of non-ortho nitro benzene ring substituents is 1. The average molecular weight is 336 g/mol. The zero-order chi connectivity index (χ0) is 16.4. The first-order valence-corrected chi connectivity index (χ1v) is 8.72. The fraction of sp³-hybridized carbons (Fsp3) is 0.357. The number of fused-ring (bicyclic) bond motifs is 1. The second-order valence-electron chi connectivity index (χ2n) is 5.39. The van der Waals surface area contributed by atoms with Crippen molar-refractivity contribution in [1.82, 2.24) is 15.0 Å². The highest BCUT2D eigenvalue weighted by Crippen LogP contribution is 2.29. The van der Waals surface area contributed by atoms with Gasteiger partial charge in [0.1, 0.15) is 4.90 Å². The molecule has 0 amide bonds. The highest BCUT2D eigenvalue weighted by Gasteiger charge is 2.26. The van der Waals surface area contributed by atoms with Gasteiger partial charge in [0.25, 0.3) is 5.69 Å². The molecule has 1 saturated heterocycles. The summed E-state index contributed by atoms with van der Waals surface area (Å²) in [7, 11) is -3.79. The van der Waals surface area contributed by atoms with Crippen LogP contribution in [0.1, 0.15) is 12.8 Å². The van der Waals surface area contributed by atoms with Crippen LogP contribution in [0.5, 0.6) is 0 Å². The number of nitrogens with zero attached hydrogens (tertiary/aromatic N) is 2. The van der Waals surface area contributed by atoms with E-state index in [0.29, 0.717) is 12.8 Å². The Balaban J connectivity index is 2.05. The second-order valence-corrected chi connectivity index (χ2v) is 7.07. The zero-order valence-electron chi connectivity index (χ0n) is 12.2. The predicted molar refractivity (Wildman–Crippen MR) is 84.6 cm³/mol. The summed E-state index contributed by atoms with van der Waals surface area (Å²) in [4.78, 5) is 14.6. The Morgan fingerprint density at radius 2 is 2.00 bits per heavy atom. The Morgan fingerprint density at radius 1 is 1.26 bits per heavy atom. The van der Waals surface area contributed by atoms with Crippen LogP contribution in [0.25, 0.3) is 10.9 Å². The topological polar surface area (TPSA) is 114 Å². The maximum atomic E-state index is 12.7. The van der Waals surface area contributed by atoms with E-state index in [4.69, 9.17) is 0 Å². The molecule has 1 fully saturated rings. The van der Waals surface area contributed by atoms with Crippen LogP contribution < -0.4 is 10.0 Å². The minimum atomic E-state index is -3.79. The molecule has 0 spiro atoms. The number of benzene rings is 1. The van der Waals surface area contributed by atoms with Gasteiger partial charge in [0, 0.05) is 18.3 Å². The number of aromatic nitrogens is 1. The quantitative estimate of drug-likeness (QED) is 0.640. The number of rotatable bonds is 4. The van der Waals surface area contributed by atoms with Gasteiger partial charge in [0.2, 0.25) is 10.0 Å². The van der Waals surface area contributed by atoms with Gasteiger partial charge >= 0.3 is 0 Å². The molecule has 23 heavy (non-hydrogen) atoms. The molecule has 0 aliphatic carbocycles. The largest absolute Gasteiger partial charge is 0.317 e. The van der Waals surface area contributed by atoms with Crippen LogP contribution in [-0.2, 0) is 10.0 Å². The summed E-state index contributed by atoms with van der Waals surface area (Å²) in [6.45, 7) is 1.51. The zero-order valence-corrected chi connectivity index (χ0v) is 13.0. The minimum absolute atomic E-state index is 0.0303. The average Bonchev–Trinajstić information content (AvgIpc) is 2.54. The van der Waals surface area contributed by atoms with E-state index < -0.39 is 14.9 Å². The van der Waals surface area contributed by atoms with E-state index in [2.05, 4.69) is 15.0 Å². The van der Waals surface area contributed by atoms with E-state index in [1.54, 1.807) is 6.07 Å². The molecule has 0 atom stereocenters. The third kappa shape index (κ3) is 3.16. The Bertz CT molecular complexity index is 847. The normalized spacial score (nSPS) is 16.5. The maximum absolute atomic E-state index is 12.7. The van der Waals surface area contributed by atoms with E-state index in [1.165, 1.54) is 24.4 Å². The number of hydrogen-bond acceptors (Lipinski definition) is 6. The van der Waals surface area contributed by atoms with Crippen LogP contribution in [0.3, 0.4) is 0 Å². The Morgan fingerprint density at radius 3 is 2.70 bits per heavy atom. The number of nitro groups is 1. The predicted octanol–water partition coefficient (Wildman–Crippen LogP) is 1.17. The van der Waals surface area contributed by atoms with Crippen LogP contribution in [0.2, 0.25) is 0 Å². The standard InChI is InChI=1S/C14H16N4O4S/c19-18(20)12-3-4-13(14-11(12)2-1-7-16-14)23(21,22)17-10-5-8-15-9-6-10/h1-4,7,10,15,17H,5-6,8-9H2. The van der Waals surface area contributed by atoms with Gasteiger partial charge in [-0.3, -0.25) is 15.1 Å². The fourth-order valence-electron chi connectivity index (χ4n) is 2.73. The summed E-state index contributed by atoms with van der Waals surface area (Å²) in [6.07, 6.45) is 2.84. The van der Waals surface area contributed by atoms with Crippen LogP contribution >= 0.6 is 0 Å². The lowest BCUT2D eigenvalue weighted by molar-refractivity contribution is -0.383. The highest BCUT2D eigenvalue weighted by atomic mass is 32.2. The summed E-state index contributed by atoms with van der Waals surface area (Å²) in [5.41, 5.74) is -0.0444. The van der Waals surface area contributed by atoms with Gasteiger partial charge in [-0.05, 0) is 44.1 Å². The minimum Gasteiger partial charge on any atom is -0.317 e. The molecule has 9 heteroatoms. The van der Waals surface area contributed by atoms with Gasteiger partial charge in [0.15, 0.2) is 0 Å². The van der Waals surface area contributed by atoms with Gasteiger partial charge in [-0.25, -0.2) is 13.1 Å². The molecule has 0 bridgehead atoms. The molecule has 0 unspecified atom stereocenters. The van der Waals surface area contributed by atoms with Crippen molar-refractivity contribution in [3.8, 4) is 0 Å². The van der Waals surface area contributed by atoms with E-state index in [1.807, 2.05) is 0 Å². The lowest BCUT2D eigenvalue weighted by Crippen LogP contribution is -2.42. The second kappa shape index (κ2) is 6.19. The molecule has 0 saturated carbocycles. The number of piperidine rings is 1. The number of nitro benzene ring substituents is 1. The smallest absolute Gasteiger partial charge is 0.278 e. The first-order valence-electron chi connectivity index (χ1n) is 7.24. The Hall–Kier alpha value is -2.10. The molecule has 1 aliphatic rings. The van der Waals surface area contributed by atoms with Gasteiger partial charge in [-0.2, -0.15) is 0 Å². The molecule has 0 radical (unpaired) electrons. The summed E-state index contributed by atoms with van der Waals surface area (Å²) in [6, 6.07) is 5.36. The molecule has 122 valence electrons. The summed E-state index contributed by atoms with van der Waals surface area (Å²) in [5.74, 6) is 0. The molecular formula is C14H16N4O4S. The van der Waals surface area contributed by atoms with Crippen molar-refractivity contribution < 1.29 is 13.3 Å². The third-order valence-electron chi connectivity index (χ3n) is 3.86. The monoisotopic (exact) mass is 336 g/mol. The third-order valence-corrected chi connectivity index (χ3v) is 5.41. The van der Waals surface area contributed by atoms with Crippen molar-refractivity contribution in [3.63, 3.8) is 0 Å². The molecule has 2 heterocycles. The van der Waals surface area contributed by atoms with Crippen LogP contribution in [0, 0.1) is 10.1 Å². The van der Waals surface area contributed by atoms with Crippen molar-refractivity contribution in [2.45, 2.75) is 23.8 Å². The van der Waals surface area contributed by atoms with Gasteiger partial charge in [-0.15, -0.1) is 0 Å². The molecular weight excluding hydrogens is 320 g/mol. The van der Waals surface area contributed by atoms with E-state index >= 15 is 0 Å². The highest BCUT2D eigenvalue weighted by molar-refractivity contribution is 7.89. The van der Waals surface area contributed by atoms with Crippen LogP contribution in [-0.4, -0.2) is 37.5 Å². The molecule has 1 aliphatic heterocycles. The van der Waals surface area contributed by atoms with Crippen molar-refractivity contribution in [2.75, 3.05) is 13.1 Å². The summed E-state index contributed by atoms with van der Waals surface area (Å²) >= 11 is 0. The molecule has 3 rings (SSSR count). The molecule has 8 nitrogen and oxygen atoms in total. The fourth-order valence-corrected chi connectivity index (χ4v) is 4.20. The molecule has 2 aromatic rings. The van der Waals surface area contributed by atoms with Crippen molar-refractivity contribution in [2.24, 2.45) is 0 Å². The SMILES string of the molecule is O=[N+]([O-])c1ccc(S(=O)(=O)NC2CCNCC2)c2ncccc12. The van der Waals surface area contributed by atoms with E-state index in [-0.39, 0.29) is 27.5 Å². The number of hydrogen-bond donors (Lipinski definition) is 2. The van der Waals surface area contributed by atoms with Crippen molar-refractivity contribution in [1.29, 1.82) is 0 Å². The first kappa shape index (κ1) is 15.8. The first-order chi connectivity index (χ1) is 11.0. The van der Waals surface area contributed by atoms with Crippen molar-refractivity contribution in [3.05, 3.63) is 40.6 Å². The lowest BCUT2D eigenvalue weighted by Gasteiger charge is -2.23. The van der Waals surface area contributed by atoms with Crippen LogP contribution in [0.4, 0.5) is 5.69 Å². The number of sulfonamides is 1. The molecule has 1 aromatic carbocycles. The van der Waals surface area contributed by atoms with E-state index in [9.17, 15) is 18.5 Å². The molecule has 1 aromatic heterocycles. The van der Waals surface area contributed by atoms with Gasteiger partial charge < -0.3 is 5.32 Å². The van der Waals surface area contributed by atoms with Crippen molar-refractivity contribution >= 4 is 26.6 Å². The lowest BCUT2D eigenvalue weighted by atomic mass is 10.1. The number of pyridine rings is 1. The maximum Gasteiger partial charge on any atom is 0.278 e. The Kier molecular flexibility index (Phi) is 4.24. The summed E-state index contributed by atoms with van der Waals surface area (Å²) < 4.78 is 28.0. The summed E-state index contributed by atoms with van der Waals surface area (Å²) in [5, 5.41) is 14.5. The van der Waals surface area contributed by atoms with E-state index in [0.717, 1.165) is 13.1 Å². The molecule has 2 N–H and O–H groups in total. The van der Waals surface area contributed by atoms with Gasteiger partial charge in [0.05, 0.1) is 15.8 Å².